The van der Waals surface area contributed by atoms with E-state index in [9.17, 15) is 0 Å². The number of benzene rings is 1. The Labute approximate surface area is 95.7 Å². The van der Waals surface area contributed by atoms with Crippen LogP contribution in [0.2, 0.25) is 0 Å². The Balaban J connectivity index is 2.50. The highest BCUT2D eigenvalue weighted by molar-refractivity contribution is 5.93. The second-order valence-electron chi connectivity index (χ2n) is 4.11. The van der Waals surface area contributed by atoms with Crippen LogP contribution in [-0.2, 0) is 0 Å². The predicted molar refractivity (Wildman–Crippen MR) is 68.6 cm³/mol. The molecule has 2 rings (SSSR count). The van der Waals surface area contributed by atoms with Gasteiger partial charge in [-0.1, -0.05) is 6.07 Å². The molecule has 0 fully saturated rings. The van der Waals surface area contributed by atoms with Crippen LogP contribution in [0.15, 0.2) is 30.5 Å². The van der Waals surface area contributed by atoms with E-state index in [0.717, 1.165) is 16.6 Å². The molecule has 3 nitrogen and oxygen atoms in total. The summed E-state index contributed by atoms with van der Waals surface area (Å²) >= 11 is 0. The molecular formula is C13H17N3. The van der Waals surface area contributed by atoms with Crippen LogP contribution in [0.3, 0.4) is 0 Å². The predicted octanol–water partition coefficient (Wildman–Crippen LogP) is 2.30. The Hall–Kier alpha value is -1.61. The number of nitrogens with one attached hydrogen (secondary N) is 1. The van der Waals surface area contributed by atoms with E-state index >= 15 is 0 Å². The highest BCUT2D eigenvalue weighted by Gasteiger charge is 2.05. The van der Waals surface area contributed by atoms with Gasteiger partial charge in [0.25, 0.3) is 0 Å². The number of nitrogens with two attached hydrogens (primary N) is 1. The minimum atomic E-state index is 0.270. The van der Waals surface area contributed by atoms with E-state index < -0.39 is 0 Å². The summed E-state index contributed by atoms with van der Waals surface area (Å²) in [5, 5.41) is 4.55. The van der Waals surface area contributed by atoms with Crippen LogP contribution in [0.1, 0.15) is 12.5 Å². The van der Waals surface area contributed by atoms with Crippen molar-refractivity contribution in [2.24, 2.45) is 5.73 Å². The standard InChI is InChI=1S/C13H17N3/c1-9-5-6-12(16-10(2)8-14)11-4-3-7-15-13(9)11/h3-7,10,16H,8,14H2,1-2H3. The van der Waals surface area contributed by atoms with Crippen molar-refractivity contribution in [3.8, 4) is 0 Å². The Morgan fingerprint density at radius 2 is 2.19 bits per heavy atom. The van der Waals surface area contributed by atoms with Gasteiger partial charge in [-0.3, -0.25) is 4.98 Å². The van der Waals surface area contributed by atoms with Crippen molar-refractivity contribution >= 4 is 16.6 Å². The van der Waals surface area contributed by atoms with Gasteiger partial charge in [0.15, 0.2) is 0 Å². The summed E-state index contributed by atoms with van der Waals surface area (Å²) in [6.07, 6.45) is 1.82. The second-order valence-corrected chi connectivity index (χ2v) is 4.11. The van der Waals surface area contributed by atoms with E-state index in [-0.39, 0.29) is 6.04 Å². The van der Waals surface area contributed by atoms with Gasteiger partial charge < -0.3 is 11.1 Å². The first-order valence-corrected chi connectivity index (χ1v) is 5.53. The van der Waals surface area contributed by atoms with Crippen molar-refractivity contribution in [2.45, 2.75) is 19.9 Å². The molecule has 3 N–H and O–H groups in total. The maximum Gasteiger partial charge on any atom is 0.0751 e. The Morgan fingerprint density at radius 1 is 1.38 bits per heavy atom. The molecule has 1 aromatic heterocycles. The first kappa shape index (κ1) is 10.9. The number of fused-ring (bicyclic) bond motifs is 1. The Bertz CT molecular complexity index is 494. The average Bonchev–Trinajstić information content (AvgIpc) is 2.33. The van der Waals surface area contributed by atoms with Crippen molar-refractivity contribution in [3.63, 3.8) is 0 Å². The fourth-order valence-electron chi connectivity index (χ4n) is 1.76. The molecule has 0 spiro atoms. The van der Waals surface area contributed by atoms with Gasteiger partial charge in [0.2, 0.25) is 0 Å². The molecule has 84 valence electrons. The van der Waals surface area contributed by atoms with Crippen molar-refractivity contribution in [1.29, 1.82) is 0 Å². The lowest BCUT2D eigenvalue weighted by Crippen LogP contribution is -2.25. The molecule has 1 aromatic carbocycles. The molecule has 16 heavy (non-hydrogen) atoms. The van der Waals surface area contributed by atoms with Gasteiger partial charge in [-0.05, 0) is 37.6 Å². The van der Waals surface area contributed by atoms with Gasteiger partial charge in [-0.25, -0.2) is 0 Å². The SMILES string of the molecule is Cc1ccc(NC(C)CN)c2cccnc12. The lowest BCUT2D eigenvalue weighted by molar-refractivity contribution is 0.805. The van der Waals surface area contributed by atoms with E-state index in [1.54, 1.807) is 0 Å². The van der Waals surface area contributed by atoms with Crippen molar-refractivity contribution in [3.05, 3.63) is 36.0 Å². The maximum absolute atomic E-state index is 5.62. The third-order valence-electron chi connectivity index (χ3n) is 2.73. The molecule has 1 heterocycles. The van der Waals surface area contributed by atoms with Crippen LogP contribution in [0, 0.1) is 6.92 Å². The molecular weight excluding hydrogens is 198 g/mol. The largest absolute Gasteiger partial charge is 0.381 e. The van der Waals surface area contributed by atoms with Crippen LogP contribution >= 0.6 is 0 Å². The van der Waals surface area contributed by atoms with Gasteiger partial charge in [0, 0.05) is 29.9 Å². The molecule has 0 saturated heterocycles. The van der Waals surface area contributed by atoms with Crippen LogP contribution < -0.4 is 11.1 Å². The van der Waals surface area contributed by atoms with Gasteiger partial charge in [0.05, 0.1) is 5.52 Å². The summed E-state index contributed by atoms with van der Waals surface area (Å²) in [7, 11) is 0. The fraction of sp³-hybridized carbons (Fsp3) is 0.308. The second kappa shape index (κ2) is 4.49. The number of hydrogen-bond acceptors (Lipinski definition) is 3. The molecule has 3 heteroatoms. The molecule has 0 aliphatic carbocycles. The number of aromatic nitrogens is 1. The Morgan fingerprint density at radius 3 is 2.94 bits per heavy atom. The molecule has 0 amide bonds. The summed E-state index contributed by atoms with van der Waals surface area (Å²) < 4.78 is 0. The molecule has 0 aliphatic rings. The zero-order valence-corrected chi connectivity index (χ0v) is 9.70. The first-order valence-electron chi connectivity index (χ1n) is 5.53. The smallest absolute Gasteiger partial charge is 0.0751 e. The number of pyridine rings is 1. The lowest BCUT2D eigenvalue weighted by Gasteiger charge is -2.15. The van der Waals surface area contributed by atoms with Gasteiger partial charge in [0.1, 0.15) is 0 Å². The molecule has 0 saturated carbocycles. The normalized spacial score (nSPS) is 12.7. The van der Waals surface area contributed by atoms with Gasteiger partial charge in [-0.2, -0.15) is 0 Å². The summed E-state index contributed by atoms with van der Waals surface area (Å²) in [5.41, 5.74) is 8.97. The van der Waals surface area contributed by atoms with Crippen LogP contribution in [-0.4, -0.2) is 17.6 Å². The minimum Gasteiger partial charge on any atom is -0.381 e. The van der Waals surface area contributed by atoms with Crippen LogP contribution in [0.4, 0.5) is 5.69 Å². The molecule has 0 aliphatic heterocycles. The average molecular weight is 215 g/mol. The number of aryl methyl sites for hydroxylation is 1. The van der Waals surface area contributed by atoms with Crippen LogP contribution in [0.5, 0.6) is 0 Å². The van der Waals surface area contributed by atoms with E-state index in [4.69, 9.17) is 5.73 Å². The van der Waals surface area contributed by atoms with E-state index in [1.807, 2.05) is 12.3 Å². The zero-order chi connectivity index (χ0) is 11.5. The van der Waals surface area contributed by atoms with E-state index in [1.165, 1.54) is 5.56 Å². The summed E-state index contributed by atoms with van der Waals surface area (Å²) in [6.45, 7) is 4.77. The van der Waals surface area contributed by atoms with Gasteiger partial charge >= 0.3 is 0 Å². The lowest BCUT2D eigenvalue weighted by atomic mass is 10.1. The highest BCUT2D eigenvalue weighted by Crippen LogP contribution is 2.24. The summed E-state index contributed by atoms with van der Waals surface area (Å²) in [6, 6.07) is 8.49. The quantitative estimate of drug-likeness (QED) is 0.826. The minimum absolute atomic E-state index is 0.270. The zero-order valence-electron chi connectivity index (χ0n) is 9.70. The highest BCUT2D eigenvalue weighted by atomic mass is 14.9. The van der Waals surface area contributed by atoms with E-state index in [0.29, 0.717) is 6.54 Å². The molecule has 1 atom stereocenters. The fourth-order valence-corrected chi connectivity index (χ4v) is 1.76. The monoisotopic (exact) mass is 215 g/mol. The molecule has 1 unspecified atom stereocenters. The Kier molecular flexibility index (Phi) is 3.06. The van der Waals surface area contributed by atoms with Crippen molar-refractivity contribution in [2.75, 3.05) is 11.9 Å². The molecule has 0 bridgehead atoms. The molecule has 2 aromatic rings. The number of rotatable bonds is 3. The summed E-state index contributed by atoms with van der Waals surface area (Å²) in [5.74, 6) is 0. The third-order valence-corrected chi connectivity index (χ3v) is 2.73. The number of anilines is 1. The van der Waals surface area contributed by atoms with E-state index in [2.05, 4.69) is 42.3 Å². The number of nitrogens with zero attached hydrogens (tertiary/aromatic N) is 1. The summed E-state index contributed by atoms with van der Waals surface area (Å²) in [4.78, 5) is 4.40. The third kappa shape index (κ3) is 1.99. The maximum atomic E-state index is 5.62. The van der Waals surface area contributed by atoms with Gasteiger partial charge in [-0.15, -0.1) is 0 Å². The molecule has 0 radical (unpaired) electrons. The first-order chi connectivity index (χ1) is 7.72. The topological polar surface area (TPSA) is 50.9 Å². The van der Waals surface area contributed by atoms with Crippen LogP contribution in [0.25, 0.3) is 10.9 Å². The number of hydrogen-bond donors (Lipinski definition) is 2. The van der Waals surface area contributed by atoms with Crippen molar-refractivity contribution < 1.29 is 0 Å². The van der Waals surface area contributed by atoms with Crippen molar-refractivity contribution in [1.82, 2.24) is 4.98 Å².